The van der Waals surface area contributed by atoms with E-state index in [0.717, 1.165) is 17.8 Å². The molecule has 0 aromatic heterocycles. The van der Waals surface area contributed by atoms with E-state index in [-0.39, 0.29) is 11.0 Å². The zero-order valence-corrected chi connectivity index (χ0v) is 11.9. The van der Waals surface area contributed by atoms with E-state index in [4.69, 9.17) is 4.74 Å². The minimum atomic E-state index is -0.107. The number of allylic oxidation sites excluding steroid dienone is 5. The van der Waals surface area contributed by atoms with Crippen molar-refractivity contribution in [1.29, 1.82) is 0 Å². The van der Waals surface area contributed by atoms with Gasteiger partial charge in [-0.05, 0) is 19.4 Å². The Kier molecular flexibility index (Phi) is 4.33. The van der Waals surface area contributed by atoms with E-state index in [2.05, 4.69) is 38.9 Å². The lowest BCUT2D eigenvalue weighted by Gasteiger charge is -2.20. The van der Waals surface area contributed by atoms with Crippen molar-refractivity contribution in [3.05, 3.63) is 48.8 Å². The van der Waals surface area contributed by atoms with Crippen LogP contribution >= 0.6 is 0 Å². The Labute approximate surface area is 110 Å². The molecule has 1 fully saturated rings. The summed E-state index contributed by atoms with van der Waals surface area (Å²) in [5.41, 5.74) is 1.02. The first kappa shape index (κ1) is 14.5. The minimum absolute atomic E-state index is 0.107. The molecule has 0 N–H and O–H groups in total. The molecule has 0 aliphatic heterocycles. The van der Waals surface area contributed by atoms with Crippen molar-refractivity contribution in [2.45, 2.75) is 32.8 Å². The maximum atomic E-state index is 6.15. The van der Waals surface area contributed by atoms with Gasteiger partial charge in [0.1, 0.15) is 11.4 Å². The molecule has 0 radical (unpaired) electrons. The fourth-order valence-electron chi connectivity index (χ4n) is 1.97. The van der Waals surface area contributed by atoms with Crippen LogP contribution in [0.3, 0.4) is 0 Å². The average Bonchev–Trinajstić information content (AvgIpc) is 2.76. The highest BCUT2D eigenvalue weighted by Crippen LogP contribution is 2.59. The Morgan fingerprint density at radius 2 is 1.72 bits per heavy atom. The molecule has 0 saturated heterocycles. The van der Waals surface area contributed by atoms with Crippen LogP contribution in [0.25, 0.3) is 0 Å². The summed E-state index contributed by atoms with van der Waals surface area (Å²) >= 11 is 0. The summed E-state index contributed by atoms with van der Waals surface area (Å²) in [5.74, 6) is 0.795. The average molecular weight is 245 g/mol. The van der Waals surface area contributed by atoms with Crippen LogP contribution in [0.1, 0.15) is 27.2 Å². The molecule has 0 aromatic rings. The molecule has 2 heteroatoms. The molecule has 18 heavy (non-hydrogen) atoms. The van der Waals surface area contributed by atoms with Crippen LogP contribution in [0.15, 0.2) is 53.8 Å². The van der Waals surface area contributed by atoms with Crippen LogP contribution in [0, 0.1) is 5.41 Å². The predicted molar refractivity (Wildman–Crippen MR) is 78.9 cm³/mol. The molecular formula is C16H23NO. The first-order chi connectivity index (χ1) is 8.40. The third kappa shape index (κ3) is 3.00. The predicted octanol–water partition coefficient (Wildman–Crippen LogP) is 4.07. The topological polar surface area (TPSA) is 21.6 Å². The molecule has 0 heterocycles. The molecule has 1 saturated carbocycles. The highest BCUT2D eigenvalue weighted by molar-refractivity contribution is 5.84. The lowest BCUT2D eigenvalue weighted by atomic mass is 10.1. The number of rotatable bonds is 6. The van der Waals surface area contributed by atoms with Crippen molar-refractivity contribution in [3.63, 3.8) is 0 Å². The highest BCUT2D eigenvalue weighted by Gasteiger charge is 2.60. The molecule has 1 aliphatic rings. The molecule has 0 amide bonds. The Morgan fingerprint density at radius 3 is 2.11 bits per heavy atom. The van der Waals surface area contributed by atoms with Crippen molar-refractivity contribution >= 4 is 6.21 Å². The molecule has 98 valence electrons. The Hall–Kier alpha value is -1.57. The Balaban J connectivity index is 2.97. The van der Waals surface area contributed by atoms with Gasteiger partial charge in [-0.15, -0.1) is 0 Å². The first-order valence-corrected chi connectivity index (χ1v) is 6.17. The van der Waals surface area contributed by atoms with Crippen LogP contribution in [-0.4, -0.2) is 18.9 Å². The van der Waals surface area contributed by atoms with E-state index in [1.54, 1.807) is 25.4 Å². The fraction of sp³-hybridized carbons (Fsp3) is 0.438. The van der Waals surface area contributed by atoms with Gasteiger partial charge >= 0.3 is 0 Å². The van der Waals surface area contributed by atoms with E-state index < -0.39 is 0 Å². The van der Waals surface area contributed by atoms with E-state index in [9.17, 15) is 0 Å². The van der Waals surface area contributed by atoms with E-state index in [1.165, 1.54) is 0 Å². The summed E-state index contributed by atoms with van der Waals surface area (Å²) in [4.78, 5) is 4.05. The van der Waals surface area contributed by atoms with Gasteiger partial charge in [0, 0.05) is 24.3 Å². The largest absolute Gasteiger partial charge is 0.486 e. The van der Waals surface area contributed by atoms with Gasteiger partial charge in [-0.2, -0.15) is 0 Å². The van der Waals surface area contributed by atoms with Crippen LogP contribution in [0.4, 0.5) is 0 Å². The molecule has 2 nitrogen and oxygen atoms in total. The van der Waals surface area contributed by atoms with Crippen LogP contribution in [0.2, 0.25) is 0 Å². The van der Waals surface area contributed by atoms with Gasteiger partial charge in [-0.1, -0.05) is 45.2 Å². The molecule has 0 bridgehead atoms. The second kappa shape index (κ2) is 5.38. The number of aliphatic imine (C=N–C) groups is 1. The van der Waals surface area contributed by atoms with Crippen molar-refractivity contribution in [2.24, 2.45) is 10.4 Å². The van der Waals surface area contributed by atoms with Crippen molar-refractivity contribution in [2.75, 3.05) is 7.05 Å². The summed E-state index contributed by atoms with van der Waals surface area (Å²) in [6.07, 6.45) is 10.1. The Bertz CT molecular complexity index is 426. The summed E-state index contributed by atoms with van der Waals surface area (Å²) in [7, 11) is 1.74. The van der Waals surface area contributed by atoms with Gasteiger partial charge in [0.15, 0.2) is 0 Å². The Morgan fingerprint density at radius 1 is 1.17 bits per heavy atom. The number of hydrogen-bond acceptors (Lipinski definition) is 2. The lowest BCUT2D eigenvalue weighted by Crippen LogP contribution is -2.17. The van der Waals surface area contributed by atoms with Crippen molar-refractivity contribution in [3.8, 4) is 0 Å². The van der Waals surface area contributed by atoms with E-state index in [1.807, 2.05) is 12.2 Å². The molecule has 1 aliphatic carbocycles. The zero-order valence-electron chi connectivity index (χ0n) is 11.9. The van der Waals surface area contributed by atoms with E-state index >= 15 is 0 Å². The lowest BCUT2D eigenvalue weighted by molar-refractivity contribution is 0.0843. The molecule has 0 spiro atoms. The smallest absolute Gasteiger partial charge is 0.128 e. The third-order valence-corrected chi connectivity index (χ3v) is 3.54. The van der Waals surface area contributed by atoms with Gasteiger partial charge in [-0.3, -0.25) is 4.99 Å². The van der Waals surface area contributed by atoms with Crippen LogP contribution < -0.4 is 0 Å². The molecule has 0 aromatic carbocycles. The summed E-state index contributed by atoms with van der Waals surface area (Å²) < 4.78 is 6.15. The van der Waals surface area contributed by atoms with Gasteiger partial charge in [0.05, 0.1) is 0 Å². The van der Waals surface area contributed by atoms with Gasteiger partial charge < -0.3 is 4.74 Å². The highest BCUT2D eigenvalue weighted by atomic mass is 16.5. The number of nitrogens with zero attached hydrogens (tertiary/aromatic N) is 1. The number of ether oxygens (including phenoxy) is 1. The van der Waals surface area contributed by atoms with Crippen LogP contribution in [-0.2, 0) is 4.74 Å². The van der Waals surface area contributed by atoms with Gasteiger partial charge in [0.2, 0.25) is 0 Å². The second-order valence-electron chi connectivity index (χ2n) is 5.41. The first-order valence-electron chi connectivity index (χ1n) is 6.17. The SMILES string of the molecule is C=C/C=C(C=NC)\C(=C/C=C)OC1(C)CC1(C)C. The van der Waals surface area contributed by atoms with Crippen molar-refractivity contribution in [1.82, 2.24) is 0 Å². The fourth-order valence-corrected chi connectivity index (χ4v) is 1.97. The number of hydrogen-bond donors (Lipinski definition) is 0. The molecular weight excluding hydrogens is 222 g/mol. The maximum Gasteiger partial charge on any atom is 0.128 e. The van der Waals surface area contributed by atoms with E-state index in [0.29, 0.717) is 0 Å². The van der Waals surface area contributed by atoms with Gasteiger partial charge in [0.25, 0.3) is 0 Å². The minimum Gasteiger partial charge on any atom is -0.486 e. The summed E-state index contributed by atoms with van der Waals surface area (Å²) in [5, 5.41) is 0. The molecule has 1 unspecified atom stereocenters. The maximum absolute atomic E-state index is 6.15. The van der Waals surface area contributed by atoms with Crippen LogP contribution in [0.5, 0.6) is 0 Å². The molecule has 1 rings (SSSR count). The summed E-state index contributed by atoms with van der Waals surface area (Å²) in [6, 6.07) is 0. The summed E-state index contributed by atoms with van der Waals surface area (Å²) in [6.45, 7) is 14.0. The third-order valence-electron chi connectivity index (χ3n) is 3.54. The molecule has 1 atom stereocenters. The van der Waals surface area contributed by atoms with Gasteiger partial charge in [-0.25, -0.2) is 0 Å². The zero-order chi connectivity index (χ0) is 13.8. The standard InChI is InChI=1S/C16H23NO/c1-7-9-13(11-17-6)14(10-8-2)18-16(5)12-15(16,3)4/h7-11H,1-2,12H2,3-6H3/b13-9-,14-10+,17-11?. The quantitative estimate of drug-likeness (QED) is 0.392. The monoisotopic (exact) mass is 245 g/mol. The van der Waals surface area contributed by atoms with Crippen molar-refractivity contribution < 1.29 is 4.74 Å². The second-order valence-corrected chi connectivity index (χ2v) is 5.41. The normalized spacial score (nSPS) is 27.1.